The third kappa shape index (κ3) is 1.80. The van der Waals surface area contributed by atoms with Gasteiger partial charge in [-0.2, -0.15) is 0 Å². The molecule has 1 atom stereocenters. The normalized spacial score (nSPS) is 21.8. The number of hydrogen-bond donors (Lipinski definition) is 2. The number of rotatable bonds is 2. The summed E-state index contributed by atoms with van der Waals surface area (Å²) in [4.78, 5) is 36.5. The number of imide groups is 1. The van der Waals surface area contributed by atoms with E-state index in [0.717, 1.165) is 11.1 Å². The first kappa shape index (κ1) is 11.9. The quantitative estimate of drug-likeness (QED) is 0.701. The molecule has 0 bridgehead atoms. The summed E-state index contributed by atoms with van der Waals surface area (Å²) < 4.78 is 0. The molecule has 6 heteroatoms. The molecule has 98 valence electrons. The van der Waals surface area contributed by atoms with E-state index in [2.05, 4.69) is 5.32 Å². The number of hydrogen-bond acceptors (Lipinski definition) is 4. The molecule has 0 saturated carbocycles. The van der Waals surface area contributed by atoms with Gasteiger partial charge in [-0.1, -0.05) is 12.1 Å². The van der Waals surface area contributed by atoms with Crippen molar-refractivity contribution in [2.45, 2.75) is 25.6 Å². The third-order valence-electron chi connectivity index (χ3n) is 3.56. The lowest BCUT2D eigenvalue weighted by Gasteiger charge is -2.20. The zero-order chi connectivity index (χ0) is 13.6. The smallest absolute Gasteiger partial charge is 0.255 e. The van der Waals surface area contributed by atoms with Crippen molar-refractivity contribution < 1.29 is 14.4 Å². The number of carbonyl (C=O) groups is 3. The van der Waals surface area contributed by atoms with Crippen molar-refractivity contribution in [2.24, 2.45) is 5.73 Å². The third-order valence-corrected chi connectivity index (χ3v) is 3.56. The van der Waals surface area contributed by atoms with Crippen molar-refractivity contribution in [3.05, 3.63) is 34.9 Å². The Hall–Kier alpha value is -2.21. The van der Waals surface area contributed by atoms with Gasteiger partial charge < -0.3 is 10.6 Å². The second-order valence-electron chi connectivity index (χ2n) is 4.76. The zero-order valence-electron chi connectivity index (χ0n) is 10.2. The van der Waals surface area contributed by atoms with Crippen molar-refractivity contribution in [3.8, 4) is 0 Å². The van der Waals surface area contributed by atoms with Crippen LogP contribution in [0.4, 0.5) is 0 Å². The van der Waals surface area contributed by atoms with Gasteiger partial charge in [-0.25, -0.2) is 0 Å². The minimum Gasteiger partial charge on any atom is -0.326 e. The van der Waals surface area contributed by atoms with Crippen LogP contribution in [0, 0.1) is 0 Å². The van der Waals surface area contributed by atoms with Crippen LogP contribution in [-0.4, -0.2) is 28.7 Å². The van der Waals surface area contributed by atoms with Crippen LogP contribution >= 0.6 is 0 Å². The van der Waals surface area contributed by atoms with E-state index in [9.17, 15) is 14.4 Å². The summed E-state index contributed by atoms with van der Waals surface area (Å²) in [5.74, 6) is -0.931. The molecule has 0 aliphatic carbocycles. The fourth-order valence-corrected chi connectivity index (χ4v) is 2.57. The van der Waals surface area contributed by atoms with Gasteiger partial charge in [0.15, 0.2) is 0 Å². The molecule has 1 fully saturated rings. The van der Waals surface area contributed by atoms with E-state index in [0.29, 0.717) is 18.7 Å². The van der Waals surface area contributed by atoms with Crippen molar-refractivity contribution in [3.63, 3.8) is 0 Å². The van der Waals surface area contributed by atoms with E-state index >= 15 is 0 Å². The molecular weight excluding hydrogens is 246 g/mol. The van der Waals surface area contributed by atoms with Gasteiger partial charge in [0.05, 0.1) is 6.42 Å². The molecule has 1 unspecified atom stereocenters. The predicted molar refractivity (Wildman–Crippen MR) is 65.8 cm³/mol. The van der Waals surface area contributed by atoms with Crippen LogP contribution in [0.15, 0.2) is 18.2 Å². The second kappa shape index (κ2) is 4.17. The summed E-state index contributed by atoms with van der Waals surface area (Å²) in [5, 5.41) is 2.22. The highest BCUT2D eigenvalue weighted by molar-refractivity contribution is 6.09. The molecule has 3 rings (SSSR count). The van der Waals surface area contributed by atoms with Crippen LogP contribution in [-0.2, 0) is 22.7 Å². The largest absolute Gasteiger partial charge is 0.326 e. The van der Waals surface area contributed by atoms with E-state index in [1.54, 1.807) is 12.1 Å². The Morgan fingerprint density at radius 2 is 2.11 bits per heavy atom. The van der Waals surface area contributed by atoms with Gasteiger partial charge in [0.2, 0.25) is 11.8 Å². The number of benzene rings is 1. The Bertz CT molecular complexity index is 597. The summed E-state index contributed by atoms with van der Waals surface area (Å²) in [6, 6.07) is 4.73. The Morgan fingerprint density at radius 3 is 2.74 bits per heavy atom. The number of fused-ring (bicyclic) bond motifs is 1. The highest BCUT2D eigenvalue weighted by atomic mass is 16.2. The molecular formula is C13H13N3O3. The van der Waals surface area contributed by atoms with E-state index in [4.69, 9.17) is 5.73 Å². The van der Waals surface area contributed by atoms with Crippen LogP contribution in [0.25, 0.3) is 0 Å². The van der Waals surface area contributed by atoms with Crippen molar-refractivity contribution in [1.82, 2.24) is 10.2 Å². The van der Waals surface area contributed by atoms with Gasteiger partial charge in [0.25, 0.3) is 5.91 Å². The van der Waals surface area contributed by atoms with Crippen molar-refractivity contribution in [2.75, 3.05) is 0 Å². The zero-order valence-corrected chi connectivity index (χ0v) is 10.2. The minimum absolute atomic E-state index is 0.0440. The highest BCUT2D eigenvalue weighted by Crippen LogP contribution is 2.27. The van der Waals surface area contributed by atoms with Crippen molar-refractivity contribution in [1.29, 1.82) is 0 Å². The number of nitrogens with one attached hydrogen (secondary N) is 1. The molecule has 2 heterocycles. The summed E-state index contributed by atoms with van der Waals surface area (Å²) in [6.07, 6.45) is 0.0440. The number of amides is 3. The lowest BCUT2D eigenvalue weighted by atomic mass is 10.1. The monoisotopic (exact) mass is 259 g/mol. The molecule has 3 N–H and O–H groups in total. The SMILES string of the molecule is NCc1ccc2c(c1)CN(C1CC(=O)NC1=O)C2=O. The van der Waals surface area contributed by atoms with Gasteiger partial charge in [-0.05, 0) is 17.2 Å². The van der Waals surface area contributed by atoms with Crippen molar-refractivity contribution >= 4 is 17.7 Å². The van der Waals surface area contributed by atoms with Crippen LogP contribution in [0.5, 0.6) is 0 Å². The molecule has 1 aromatic carbocycles. The van der Waals surface area contributed by atoms with Gasteiger partial charge in [-0.3, -0.25) is 19.7 Å². The molecule has 1 saturated heterocycles. The topological polar surface area (TPSA) is 92.5 Å². The molecule has 2 aliphatic heterocycles. The Balaban J connectivity index is 1.91. The molecule has 3 amide bonds. The minimum atomic E-state index is -0.686. The first-order valence-corrected chi connectivity index (χ1v) is 6.06. The van der Waals surface area contributed by atoms with E-state index in [1.807, 2.05) is 6.07 Å². The summed E-state index contributed by atoms with van der Waals surface area (Å²) in [7, 11) is 0. The van der Waals surface area contributed by atoms with Crippen LogP contribution in [0.2, 0.25) is 0 Å². The van der Waals surface area contributed by atoms with E-state index in [-0.39, 0.29) is 18.2 Å². The van der Waals surface area contributed by atoms with E-state index < -0.39 is 11.9 Å². The van der Waals surface area contributed by atoms with E-state index in [1.165, 1.54) is 4.90 Å². The molecule has 6 nitrogen and oxygen atoms in total. The predicted octanol–water partition coefficient (Wildman–Crippen LogP) is -0.484. The van der Waals surface area contributed by atoms with Gasteiger partial charge in [0, 0.05) is 18.7 Å². The Morgan fingerprint density at radius 1 is 1.32 bits per heavy atom. The maximum atomic E-state index is 12.2. The standard InChI is InChI=1S/C13H13N3O3/c14-5-7-1-2-9-8(3-7)6-16(13(9)19)10-4-11(17)15-12(10)18/h1-3,10H,4-6,14H2,(H,15,17,18). The maximum absolute atomic E-state index is 12.2. The molecule has 19 heavy (non-hydrogen) atoms. The highest BCUT2D eigenvalue weighted by Gasteiger charge is 2.41. The summed E-state index contributed by atoms with van der Waals surface area (Å²) >= 11 is 0. The molecule has 0 aromatic heterocycles. The number of nitrogens with zero attached hydrogens (tertiary/aromatic N) is 1. The fraction of sp³-hybridized carbons (Fsp3) is 0.308. The van der Waals surface area contributed by atoms with Crippen LogP contribution in [0.3, 0.4) is 0 Å². The maximum Gasteiger partial charge on any atom is 0.255 e. The van der Waals surface area contributed by atoms with Gasteiger partial charge in [0.1, 0.15) is 6.04 Å². The number of nitrogens with two attached hydrogens (primary N) is 1. The first-order chi connectivity index (χ1) is 9.10. The lowest BCUT2D eigenvalue weighted by molar-refractivity contribution is -0.126. The molecule has 1 aromatic rings. The number of carbonyl (C=O) groups excluding carboxylic acids is 3. The second-order valence-corrected chi connectivity index (χ2v) is 4.76. The van der Waals surface area contributed by atoms with Crippen LogP contribution in [0.1, 0.15) is 27.9 Å². The fourth-order valence-electron chi connectivity index (χ4n) is 2.57. The molecule has 0 spiro atoms. The van der Waals surface area contributed by atoms with Gasteiger partial charge >= 0.3 is 0 Å². The first-order valence-electron chi connectivity index (χ1n) is 6.06. The Labute approximate surface area is 109 Å². The average Bonchev–Trinajstić information content (AvgIpc) is 2.89. The summed E-state index contributed by atoms with van der Waals surface area (Å²) in [6.45, 7) is 0.761. The summed E-state index contributed by atoms with van der Waals surface area (Å²) in [5.41, 5.74) is 7.96. The van der Waals surface area contributed by atoms with Crippen LogP contribution < -0.4 is 11.1 Å². The Kier molecular flexibility index (Phi) is 2.60. The lowest BCUT2D eigenvalue weighted by Crippen LogP contribution is -2.40. The average molecular weight is 259 g/mol. The van der Waals surface area contributed by atoms with Gasteiger partial charge in [-0.15, -0.1) is 0 Å². The molecule has 2 aliphatic rings. The molecule has 0 radical (unpaired) electrons.